The molecule has 0 aromatic heterocycles. The number of hydrogen-bond acceptors (Lipinski definition) is 4. The Morgan fingerprint density at radius 3 is 2.75 bits per heavy atom. The monoisotopic (exact) mass is 383 g/mol. The van der Waals surface area contributed by atoms with Gasteiger partial charge in [-0.1, -0.05) is 24.3 Å². The van der Waals surface area contributed by atoms with Gasteiger partial charge in [-0.3, -0.25) is 4.79 Å². The lowest BCUT2D eigenvalue weighted by molar-refractivity contribution is -0.117. The van der Waals surface area contributed by atoms with E-state index in [2.05, 4.69) is 10.6 Å². The molecule has 0 radical (unpaired) electrons. The topological polar surface area (TPSA) is 79.9 Å². The molecule has 1 unspecified atom stereocenters. The Bertz CT molecular complexity index is 840. The molecule has 1 aliphatic heterocycles. The molecular weight excluding hydrogens is 358 g/mol. The molecule has 2 aromatic carbocycles. The van der Waals surface area contributed by atoms with Gasteiger partial charge in [-0.05, 0) is 30.2 Å². The van der Waals surface area contributed by atoms with Gasteiger partial charge >= 0.3 is 6.03 Å². The molecule has 2 aromatic rings. The Morgan fingerprint density at radius 1 is 1.14 bits per heavy atom. The van der Waals surface area contributed by atoms with E-state index < -0.39 is 0 Å². The molecule has 1 fully saturated rings. The van der Waals surface area contributed by atoms with Gasteiger partial charge in [0.05, 0.1) is 20.3 Å². The van der Waals surface area contributed by atoms with Crippen LogP contribution in [0.5, 0.6) is 11.5 Å². The number of amides is 3. The second-order valence-corrected chi connectivity index (χ2v) is 6.57. The van der Waals surface area contributed by atoms with Gasteiger partial charge in [-0.15, -0.1) is 0 Å². The van der Waals surface area contributed by atoms with E-state index in [0.29, 0.717) is 25.3 Å². The van der Waals surface area contributed by atoms with Gasteiger partial charge < -0.3 is 25.0 Å². The molecule has 0 bridgehead atoms. The minimum absolute atomic E-state index is 0.0208. The summed E-state index contributed by atoms with van der Waals surface area (Å²) in [4.78, 5) is 26.2. The maximum atomic E-state index is 12.3. The standard InChI is InChI=1S/C21H25N3O4/c1-27-18-8-5-7-17(13-18)24-14-16(12-20(24)25)23-21(26)22-11-10-15-6-3-4-9-19(15)28-2/h3-9,13,16H,10-12,14H2,1-2H3,(H2,22,23,26). The molecule has 0 aliphatic carbocycles. The van der Waals surface area contributed by atoms with E-state index in [4.69, 9.17) is 9.47 Å². The fourth-order valence-corrected chi connectivity index (χ4v) is 3.29. The van der Waals surface area contributed by atoms with Crippen LogP contribution in [0.4, 0.5) is 10.5 Å². The fourth-order valence-electron chi connectivity index (χ4n) is 3.29. The molecule has 1 saturated heterocycles. The minimum atomic E-state index is -0.278. The number of urea groups is 1. The normalized spacial score (nSPS) is 16.0. The number of nitrogens with zero attached hydrogens (tertiary/aromatic N) is 1. The smallest absolute Gasteiger partial charge is 0.315 e. The molecule has 3 rings (SSSR count). The van der Waals surface area contributed by atoms with Crippen molar-refractivity contribution < 1.29 is 19.1 Å². The fraction of sp³-hybridized carbons (Fsp3) is 0.333. The van der Waals surface area contributed by atoms with E-state index in [1.807, 2.05) is 48.5 Å². The van der Waals surface area contributed by atoms with Crippen molar-refractivity contribution in [1.29, 1.82) is 0 Å². The van der Waals surface area contributed by atoms with Crippen molar-refractivity contribution in [2.45, 2.75) is 18.9 Å². The first-order valence-electron chi connectivity index (χ1n) is 9.21. The minimum Gasteiger partial charge on any atom is -0.497 e. The maximum Gasteiger partial charge on any atom is 0.315 e. The molecule has 2 N–H and O–H groups in total. The van der Waals surface area contributed by atoms with Gasteiger partial charge in [-0.25, -0.2) is 4.79 Å². The SMILES string of the molecule is COc1cccc(N2CC(NC(=O)NCCc3ccccc3OC)CC2=O)c1. The van der Waals surface area contributed by atoms with Crippen LogP contribution in [0.1, 0.15) is 12.0 Å². The third kappa shape index (κ3) is 4.73. The third-order valence-corrected chi connectivity index (χ3v) is 4.70. The average molecular weight is 383 g/mol. The van der Waals surface area contributed by atoms with Crippen LogP contribution in [0.2, 0.25) is 0 Å². The number of rotatable bonds is 7. The predicted octanol–water partition coefficient (Wildman–Crippen LogP) is 2.35. The number of methoxy groups -OCH3 is 2. The number of carbonyl (C=O) groups is 2. The van der Waals surface area contributed by atoms with Gasteiger partial charge in [0.25, 0.3) is 0 Å². The van der Waals surface area contributed by atoms with Crippen molar-refractivity contribution in [3.63, 3.8) is 0 Å². The second kappa shape index (κ2) is 9.12. The lowest BCUT2D eigenvalue weighted by atomic mass is 10.1. The summed E-state index contributed by atoms with van der Waals surface area (Å²) in [7, 11) is 3.22. The molecule has 7 heteroatoms. The summed E-state index contributed by atoms with van der Waals surface area (Å²) in [6.07, 6.45) is 0.939. The molecule has 0 spiro atoms. The molecule has 28 heavy (non-hydrogen) atoms. The molecular formula is C21H25N3O4. The van der Waals surface area contributed by atoms with Crippen LogP contribution in [-0.4, -0.2) is 45.3 Å². The van der Waals surface area contributed by atoms with Crippen molar-refractivity contribution in [2.75, 3.05) is 32.2 Å². The lowest BCUT2D eigenvalue weighted by Gasteiger charge is -2.18. The number of anilines is 1. The molecule has 7 nitrogen and oxygen atoms in total. The molecule has 1 atom stereocenters. The largest absolute Gasteiger partial charge is 0.497 e. The Hall–Kier alpha value is -3.22. The molecule has 148 valence electrons. The van der Waals surface area contributed by atoms with Crippen LogP contribution in [0.3, 0.4) is 0 Å². The van der Waals surface area contributed by atoms with Crippen LogP contribution < -0.4 is 25.0 Å². The highest BCUT2D eigenvalue weighted by molar-refractivity contribution is 5.97. The summed E-state index contributed by atoms with van der Waals surface area (Å²) in [6.45, 7) is 0.915. The summed E-state index contributed by atoms with van der Waals surface area (Å²) < 4.78 is 10.5. The maximum absolute atomic E-state index is 12.3. The van der Waals surface area contributed by atoms with Gasteiger partial charge in [-0.2, -0.15) is 0 Å². The quantitative estimate of drug-likeness (QED) is 0.769. The molecule has 1 heterocycles. The third-order valence-electron chi connectivity index (χ3n) is 4.70. The molecule has 3 amide bonds. The number of nitrogens with one attached hydrogen (secondary N) is 2. The summed E-state index contributed by atoms with van der Waals surface area (Å²) in [6, 6.07) is 14.5. The summed E-state index contributed by atoms with van der Waals surface area (Å²) in [5.41, 5.74) is 1.80. The first-order valence-corrected chi connectivity index (χ1v) is 9.21. The van der Waals surface area contributed by atoms with E-state index in [0.717, 1.165) is 17.0 Å². The number of benzene rings is 2. The zero-order valence-electron chi connectivity index (χ0n) is 16.1. The van der Waals surface area contributed by atoms with Gasteiger partial charge in [0.2, 0.25) is 5.91 Å². The Labute approximate surface area is 164 Å². The number of hydrogen-bond donors (Lipinski definition) is 2. The highest BCUT2D eigenvalue weighted by atomic mass is 16.5. The number of para-hydroxylation sites is 1. The molecule has 1 aliphatic rings. The van der Waals surface area contributed by atoms with Crippen molar-refractivity contribution in [3.05, 3.63) is 54.1 Å². The van der Waals surface area contributed by atoms with Crippen molar-refractivity contribution in [2.24, 2.45) is 0 Å². The number of carbonyl (C=O) groups excluding carboxylic acids is 2. The van der Waals surface area contributed by atoms with Gasteiger partial charge in [0.1, 0.15) is 11.5 Å². The summed E-state index contributed by atoms with van der Waals surface area (Å²) in [5, 5.41) is 5.72. The zero-order chi connectivity index (χ0) is 19.9. The predicted molar refractivity (Wildman–Crippen MR) is 107 cm³/mol. The van der Waals surface area contributed by atoms with E-state index in [1.165, 1.54) is 0 Å². The highest BCUT2D eigenvalue weighted by Crippen LogP contribution is 2.25. The lowest BCUT2D eigenvalue weighted by Crippen LogP contribution is -2.43. The van der Waals surface area contributed by atoms with Gasteiger partial charge in [0.15, 0.2) is 0 Å². The zero-order valence-corrected chi connectivity index (χ0v) is 16.1. The average Bonchev–Trinajstić information content (AvgIpc) is 3.08. The van der Waals surface area contributed by atoms with E-state index in [9.17, 15) is 9.59 Å². The summed E-state index contributed by atoms with van der Waals surface area (Å²) >= 11 is 0. The summed E-state index contributed by atoms with van der Waals surface area (Å²) in [5.74, 6) is 1.48. The van der Waals surface area contributed by atoms with E-state index >= 15 is 0 Å². The van der Waals surface area contributed by atoms with E-state index in [1.54, 1.807) is 19.1 Å². The van der Waals surface area contributed by atoms with Gasteiger partial charge in [0, 0.05) is 31.3 Å². The van der Waals surface area contributed by atoms with Crippen molar-refractivity contribution >= 4 is 17.6 Å². The van der Waals surface area contributed by atoms with E-state index in [-0.39, 0.29) is 24.4 Å². The van der Waals surface area contributed by atoms with Crippen LogP contribution >= 0.6 is 0 Å². The van der Waals surface area contributed by atoms with Crippen LogP contribution in [0.15, 0.2) is 48.5 Å². The van der Waals surface area contributed by atoms with Crippen molar-refractivity contribution in [3.8, 4) is 11.5 Å². The Morgan fingerprint density at radius 2 is 1.96 bits per heavy atom. The van der Waals surface area contributed by atoms with Crippen LogP contribution in [0, 0.1) is 0 Å². The highest BCUT2D eigenvalue weighted by Gasteiger charge is 2.31. The van der Waals surface area contributed by atoms with Crippen molar-refractivity contribution in [1.82, 2.24) is 10.6 Å². The molecule has 0 saturated carbocycles. The number of ether oxygens (including phenoxy) is 2. The Kier molecular flexibility index (Phi) is 6.37. The van der Waals surface area contributed by atoms with Crippen LogP contribution in [-0.2, 0) is 11.2 Å². The Balaban J connectivity index is 1.49. The first kappa shape index (κ1) is 19.5. The first-order chi connectivity index (χ1) is 13.6. The second-order valence-electron chi connectivity index (χ2n) is 6.57. The van der Waals surface area contributed by atoms with Crippen LogP contribution in [0.25, 0.3) is 0 Å².